The lowest BCUT2D eigenvalue weighted by Crippen LogP contribution is -2.60. The van der Waals surface area contributed by atoms with Crippen LogP contribution in [0.4, 0.5) is 0 Å². The van der Waals surface area contributed by atoms with E-state index in [4.69, 9.17) is 28.4 Å². The van der Waals surface area contributed by atoms with Gasteiger partial charge < -0.3 is 89.3 Å². The Morgan fingerprint density at radius 2 is 1.41 bits per heavy atom. The highest BCUT2D eigenvalue weighted by atomic mass is 16.7. The number of methoxy groups -OCH3 is 1. The van der Waals surface area contributed by atoms with Gasteiger partial charge in [-0.3, -0.25) is 0 Å². The monoisotopic (exact) mass is 789 g/mol. The number of carbonyl (C=O) groups excluding carboxylic acids is 1. The third-order valence-electron chi connectivity index (χ3n) is 9.25. The van der Waals surface area contributed by atoms with Gasteiger partial charge in [-0.15, -0.1) is 0 Å². The molecule has 3 aromatic rings. The smallest absolute Gasteiger partial charge is 0.330 e. The number of aromatic hydroxyl groups is 5. The SMILES string of the molecule is COc1cc(C2[OH+]c3cc(O)cc(O[C@@H]4O[C@@H](CO)[C@@H](O)[C@H](O)[C@H]4O)c3C=C2O[C@@H]2O[C@H](COC(=O)/C=C/c3ccc(O)cc3)[C@@H](O)[C@H](O)[C@@H]2O)cc(O)c1O. The quantitative estimate of drug-likeness (QED) is 0.0486. The predicted octanol–water partition coefficient (Wildman–Crippen LogP) is -0.886. The fourth-order valence-electron chi connectivity index (χ4n) is 6.17. The minimum atomic E-state index is -1.92. The lowest BCUT2D eigenvalue weighted by atomic mass is 9.98. The highest BCUT2D eigenvalue weighted by Crippen LogP contribution is 2.48. The van der Waals surface area contributed by atoms with Gasteiger partial charge in [0, 0.05) is 18.2 Å². The van der Waals surface area contributed by atoms with E-state index in [1.807, 2.05) is 0 Å². The molecule has 3 aliphatic rings. The number of esters is 1. The first-order valence-corrected chi connectivity index (χ1v) is 17.1. The van der Waals surface area contributed by atoms with Crippen LogP contribution in [0.15, 0.2) is 60.4 Å². The molecule has 0 radical (unpaired) electrons. The van der Waals surface area contributed by atoms with Crippen molar-refractivity contribution < 1.29 is 94.1 Å². The van der Waals surface area contributed by atoms with Gasteiger partial charge in [0.05, 0.1) is 25.3 Å². The summed E-state index contributed by atoms with van der Waals surface area (Å²) in [5, 5.41) is 114. The minimum Gasteiger partial charge on any atom is -0.571 e. The average Bonchev–Trinajstić information content (AvgIpc) is 3.18. The normalized spacial score (nSPS) is 30.1. The molecule has 0 aliphatic carbocycles. The van der Waals surface area contributed by atoms with E-state index in [0.717, 1.165) is 18.2 Å². The van der Waals surface area contributed by atoms with Crippen LogP contribution >= 0.6 is 0 Å². The Hall–Kier alpha value is -5.35. The second kappa shape index (κ2) is 16.8. The van der Waals surface area contributed by atoms with Crippen LogP contribution < -0.4 is 9.47 Å². The van der Waals surface area contributed by atoms with Crippen LogP contribution in [0.2, 0.25) is 0 Å². The van der Waals surface area contributed by atoms with Crippen molar-refractivity contribution in [2.75, 3.05) is 20.3 Å². The fraction of sp³-hybridized carbons (Fsp3) is 0.378. The standard InChI is InChI=1S/C37H40O19/c1-50-23-9-16(8-20(41)28(23)43)35-24(12-19-21(52-35)10-18(40)11-22(19)53-36-33(48)31(46)29(44)25(13-38)55-36)54-37-34(49)32(47)30(45)26(56-37)14-51-27(42)7-4-15-2-5-17(39)6-3-15/h2-12,25-26,29-41,43-49H,13-14H2,1H3/p+1/b7-4+/t25-,26+,29+,30+,31-,32-,33+,34-,35?,36+,37+/m0/s1. The second-order valence-electron chi connectivity index (χ2n) is 13.0. The Morgan fingerprint density at radius 3 is 2.07 bits per heavy atom. The highest BCUT2D eigenvalue weighted by molar-refractivity contribution is 5.87. The zero-order chi connectivity index (χ0) is 40.4. The lowest BCUT2D eigenvalue weighted by Gasteiger charge is -2.41. The number of ether oxygens (including phenoxy) is 7. The Labute approximate surface area is 317 Å². The van der Waals surface area contributed by atoms with Crippen molar-refractivity contribution >= 4 is 18.1 Å². The summed E-state index contributed by atoms with van der Waals surface area (Å²) in [5.74, 6) is -2.97. The fourth-order valence-corrected chi connectivity index (χ4v) is 6.17. The second-order valence-corrected chi connectivity index (χ2v) is 13.0. The minimum absolute atomic E-state index is 0.0270. The van der Waals surface area contributed by atoms with Crippen molar-refractivity contribution in [1.29, 1.82) is 0 Å². The van der Waals surface area contributed by atoms with Crippen LogP contribution in [0.25, 0.3) is 12.2 Å². The molecule has 3 heterocycles. The molecule has 19 nitrogen and oxygen atoms in total. The number of aliphatic hydroxyl groups excluding tert-OH is 7. The molecular weight excluding hydrogens is 748 g/mol. The molecule has 11 atom stereocenters. The molecule has 0 amide bonds. The molecule has 56 heavy (non-hydrogen) atoms. The summed E-state index contributed by atoms with van der Waals surface area (Å²) in [7, 11) is 1.23. The molecular formula is C37H41O19+. The molecule has 3 aromatic carbocycles. The van der Waals surface area contributed by atoms with Crippen LogP contribution in [0.3, 0.4) is 0 Å². The van der Waals surface area contributed by atoms with Crippen molar-refractivity contribution in [2.24, 2.45) is 0 Å². The molecule has 0 spiro atoms. The zero-order valence-corrected chi connectivity index (χ0v) is 29.3. The van der Waals surface area contributed by atoms with Gasteiger partial charge in [0.25, 0.3) is 11.9 Å². The summed E-state index contributed by atoms with van der Waals surface area (Å²) in [6.07, 6.45) is -14.6. The van der Waals surface area contributed by atoms with E-state index in [9.17, 15) is 61.0 Å². The van der Waals surface area contributed by atoms with Crippen molar-refractivity contribution in [1.82, 2.24) is 0 Å². The van der Waals surface area contributed by atoms with Gasteiger partial charge in [-0.05, 0) is 35.9 Å². The Morgan fingerprint density at radius 1 is 0.768 bits per heavy atom. The van der Waals surface area contributed by atoms with Crippen molar-refractivity contribution in [2.45, 2.75) is 67.5 Å². The summed E-state index contributed by atoms with van der Waals surface area (Å²) < 4.78 is 38.2. The Balaban J connectivity index is 1.31. The third kappa shape index (κ3) is 8.40. The number of aliphatic hydroxyl groups is 8. The molecule has 2 saturated heterocycles. The Kier molecular flexibility index (Phi) is 12.1. The molecule has 6 rings (SSSR count). The molecule has 0 saturated carbocycles. The summed E-state index contributed by atoms with van der Waals surface area (Å²) >= 11 is 0. The van der Waals surface area contributed by atoms with Gasteiger partial charge in [0.15, 0.2) is 17.3 Å². The van der Waals surface area contributed by atoms with E-state index in [0.29, 0.717) is 5.56 Å². The Bertz CT molecular complexity index is 1930. The van der Waals surface area contributed by atoms with E-state index >= 15 is 0 Å². The topological polar surface area (TPSA) is 308 Å². The maximum Gasteiger partial charge on any atom is 0.330 e. The molecule has 302 valence electrons. The molecule has 0 aromatic heterocycles. The summed E-state index contributed by atoms with van der Waals surface area (Å²) in [6, 6.07) is 10.7. The van der Waals surface area contributed by atoms with Crippen LogP contribution in [-0.4, -0.2) is 149 Å². The number of benzene rings is 3. The first-order valence-electron chi connectivity index (χ1n) is 17.1. The van der Waals surface area contributed by atoms with Crippen LogP contribution in [-0.2, 0) is 23.7 Å². The maximum absolute atomic E-state index is 12.5. The first kappa shape index (κ1) is 40.3. The zero-order valence-electron chi connectivity index (χ0n) is 29.3. The number of phenols is 4. The van der Waals surface area contributed by atoms with E-state index in [2.05, 4.69) is 4.74 Å². The van der Waals surface area contributed by atoms with Crippen LogP contribution in [0, 0.1) is 0 Å². The number of fused-ring (bicyclic) bond motifs is 1. The van der Waals surface area contributed by atoms with Crippen LogP contribution in [0.1, 0.15) is 22.8 Å². The van der Waals surface area contributed by atoms with E-state index in [1.165, 1.54) is 43.5 Å². The molecule has 19 heteroatoms. The van der Waals surface area contributed by atoms with E-state index in [-0.39, 0.29) is 39.9 Å². The molecule has 0 bridgehead atoms. The number of carbonyl (C=O) groups is 1. The summed E-state index contributed by atoms with van der Waals surface area (Å²) in [5.41, 5.74) is 0.753. The average molecular weight is 790 g/mol. The van der Waals surface area contributed by atoms with Crippen molar-refractivity contribution in [3.63, 3.8) is 0 Å². The van der Waals surface area contributed by atoms with Gasteiger partial charge in [-0.1, -0.05) is 12.1 Å². The van der Waals surface area contributed by atoms with Crippen LogP contribution in [0.5, 0.6) is 40.2 Å². The maximum atomic E-state index is 12.5. The van der Waals surface area contributed by atoms with E-state index in [1.54, 1.807) is 12.1 Å². The largest absolute Gasteiger partial charge is 0.571 e. The first-order chi connectivity index (χ1) is 26.7. The lowest BCUT2D eigenvalue weighted by molar-refractivity contribution is -0.296. The van der Waals surface area contributed by atoms with Gasteiger partial charge in [-0.25, -0.2) is 4.79 Å². The number of hydrogen-bond acceptors (Lipinski definition) is 18. The van der Waals surface area contributed by atoms with Gasteiger partial charge in [0.1, 0.15) is 78.3 Å². The van der Waals surface area contributed by atoms with Crippen molar-refractivity contribution in [3.8, 4) is 40.2 Å². The van der Waals surface area contributed by atoms with Crippen molar-refractivity contribution in [3.05, 3.63) is 77.1 Å². The van der Waals surface area contributed by atoms with Gasteiger partial charge in [0.2, 0.25) is 18.3 Å². The van der Waals surface area contributed by atoms with E-state index < -0.39 is 104 Å². The molecule has 1 unspecified atom stereocenters. The molecule has 3 aliphatic heterocycles. The molecule has 2 fully saturated rings. The van der Waals surface area contributed by atoms with Gasteiger partial charge >= 0.3 is 5.97 Å². The number of hydrogen-bond donors (Lipinski definition) is 11. The van der Waals surface area contributed by atoms with Gasteiger partial charge in [-0.2, -0.15) is 0 Å². The number of rotatable bonds is 11. The summed E-state index contributed by atoms with van der Waals surface area (Å²) in [4.78, 5) is 12.5. The number of phenolic OH excluding ortho intramolecular Hbond substituents is 4. The summed E-state index contributed by atoms with van der Waals surface area (Å²) in [6.45, 7) is -1.36. The predicted molar refractivity (Wildman–Crippen MR) is 187 cm³/mol. The highest BCUT2D eigenvalue weighted by Gasteiger charge is 2.48. The molecule has 12 N–H and O–H groups in total. The third-order valence-corrected chi connectivity index (χ3v) is 9.25.